The molecule has 1 saturated heterocycles. The molecule has 26 heavy (non-hydrogen) atoms. The summed E-state index contributed by atoms with van der Waals surface area (Å²) in [5.74, 6) is 0. The third kappa shape index (κ3) is 4.27. The third-order valence-corrected chi connectivity index (χ3v) is 4.53. The number of ether oxygens (including phenoxy) is 1. The Labute approximate surface area is 154 Å². The molecule has 0 bridgehead atoms. The van der Waals surface area contributed by atoms with E-state index in [1.165, 1.54) is 6.42 Å². The van der Waals surface area contributed by atoms with Crippen molar-refractivity contribution in [2.75, 3.05) is 23.4 Å². The maximum Gasteiger partial charge on any atom is 0.412 e. The molecule has 1 aliphatic heterocycles. The number of aromatic nitrogens is 2. The van der Waals surface area contributed by atoms with Crippen molar-refractivity contribution in [1.82, 2.24) is 9.38 Å². The van der Waals surface area contributed by atoms with Gasteiger partial charge in [0.05, 0.1) is 11.4 Å². The minimum absolute atomic E-state index is 0.178. The van der Waals surface area contributed by atoms with Gasteiger partial charge < -0.3 is 19.1 Å². The van der Waals surface area contributed by atoms with Gasteiger partial charge in [0.2, 0.25) is 0 Å². The molecule has 1 atom stereocenters. The number of carbonyl (C=O) groups is 1. The summed E-state index contributed by atoms with van der Waals surface area (Å²) in [6.07, 6.45) is 9.22. The van der Waals surface area contributed by atoms with E-state index in [1.807, 2.05) is 43.6 Å². The van der Waals surface area contributed by atoms with Gasteiger partial charge in [-0.25, -0.2) is 9.78 Å². The lowest BCUT2D eigenvalue weighted by Crippen LogP contribution is -2.40. The number of pyridine rings is 1. The first kappa shape index (κ1) is 18.5. The highest BCUT2D eigenvalue weighted by Crippen LogP contribution is 2.30. The van der Waals surface area contributed by atoms with Gasteiger partial charge in [-0.1, -0.05) is 0 Å². The van der Waals surface area contributed by atoms with Crippen molar-refractivity contribution < 1.29 is 14.6 Å². The highest BCUT2D eigenvalue weighted by atomic mass is 16.6. The summed E-state index contributed by atoms with van der Waals surface area (Å²) in [5, 5.41) is 12.2. The molecular weight excluding hydrogens is 332 g/mol. The molecule has 3 rings (SSSR count). The van der Waals surface area contributed by atoms with Crippen LogP contribution in [0.4, 0.5) is 16.2 Å². The lowest BCUT2D eigenvalue weighted by Gasteiger charge is -2.37. The number of fused-ring (bicyclic) bond motifs is 1. The minimum Gasteiger partial charge on any atom is -0.444 e. The van der Waals surface area contributed by atoms with Gasteiger partial charge in [0, 0.05) is 37.8 Å². The Morgan fingerprint density at radius 2 is 2.23 bits per heavy atom. The van der Waals surface area contributed by atoms with Crippen LogP contribution in [0.5, 0.6) is 0 Å². The van der Waals surface area contributed by atoms with Gasteiger partial charge in [0.25, 0.3) is 0 Å². The van der Waals surface area contributed by atoms with E-state index in [0.717, 1.165) is 31.5 Å². The third-order valence-electron chi connectivity index (χ3n) is 4.53. The second-order valence-corrected chi connectivity index (χ2v) is 7.75. The van der Waals surface area contributed by atoms with E-state index >= 15 is 0 Å². The van der Waals surface area contributed by atoms with Crippen LogP contribution in [0.15, 0.2) is 24.7 Å². The van der Waals surface area contributed by atoms with Crippen LogP contribution in [0.3, 0.4) is 0 Å². The zero-order valence-electron chi connectivity index (χ0n) is 15.7. The number of piperidine rings is 1. The predicted octanol–water partition coefficient (Wildman–Crippen LogP) is 3.42. The molecule has 0 aliphatic carbocycles. The lowest BCUT2D eigenvalue weighted by molar-refractivity contribution is 0.0636. The van der Waals surface area contributed by atoms with E-state index < -0.39 is 11.7 Å². The fraction of sp³-hybridized carbons (Fsp3) is 0.579. The quantitative estimate of drug-likeness (QED) is 0.873. The second kappa shape index (κ2) is 7.53. The number of amides is 1. The van der Waals surface area contributed by atoms with Crippen molar-refractivity contribution in [3.05, 3.63) is 24.7 Å². The zero-order chi connectivity index (χ0) is 18.7. The van der Waals surface area contributed by atoms with Gasteiger partial charge in [-0.3, -0.25) is 5.32 Å². The van der Waals surface area contributed by atoms with Crippen molar-refractivity contribution >= 4 is 23.1 Å². The number of anilines is 2. The molecular formula is C19H28N4O3. The maximum absolute atomic E-state index is 12.2. The van der Waals surface area contributed by atoms with Gasteiger partial charge in [-0.15, -0.1) is 0 Å². The number of carbonyl (C=O) groups excluding carboxylic acids is 1. The lowest BCUT2D eigenvalue weighted by atomic mass is 9.99. The smallest absolute Gasteiger partial charge is 0.412 e. The van der Waals surface area contributed by atoms with Gasteiger partial charge in [-0.05, 0) is 52.5 Å². The van der Waals surface area contributed by atoms with Crippen LogP contribution in [0, 0.1) is 0 Å². The van der Waals surface area contributed by atoms with Crippen LogP contribution in [0.1, 0.15) is 46.5 Å². The molecule has 1 amide bonds. The van der Waals surface area contributed by atoms with Crippen molar-refractivity contribution in [1.29, 1.82) is 0 Å². The van der Waals surface area contributed by atoms with Crippen LogP contribution in [0.2, 0.25) is 0 Å². The van der Waals surface area contributed by atoms with E-state index in [-0.39, 0.29) is 6.61 Å². The number of hydrogen-bond donors (Lipinski definition) is 2. The van der Waals surface area contributed by atoms with E-state index in [2.05, 4.69) is 15.2 Å². The first-order valence-corrected chi connectivity index (χ1v) is 9.21. The van der Waals surface area contributed by atoms with Gasteiger partial charge in [-0.2, -0.15) is 0 Å². The molecule has 142 valence electrons. The van der Waals surface area contributed by atoms with Crippen LogP contribution in [-0.2, 0) is 4.74 Å². The topological polar surface area (TPSA) is 79.1 Å². The summed E-state index contributed by atoms with van der Waals surface area (Å²) in [6.45, 7) is 6.62. The molecule has 1 unspecified atom stereocenters. The highest BCUT2D eigenvalue weighted by molar-refractivity contribution is 5.91. The molecule has 1 fully saturated rings. The number of nitrogens with zero attached hydrogens (tertiary/aromatic N) is 3. The summed E-state index contributed by atoms with van der Waals surface area (Å²) in [4.78, 5) is 18.9. The summed E-state index contributed by atoms with van der Waals surface area (Å²) in [7, 11) is 0. The molecule has 0 aromatic carbocycles. The van der Waals surface area contributed by atoms with E-state index in [0.29, 0.717) is 17.4 Å². The number of nitrogens with one attached hydrogen (secondary N) is 1. The first-order chi connectivity index (χ1) is 12.4. The van der Waals surface area contributed by atoms with Gasteiger partial charge in [0.1, 0.15) is 5.60 Å². The highest BCUT2D eigenvalue weighted by Gasteiger charge is 2.24. The summed E-state index contributed by atoms with van der Waals surface area (Å²) < 4.78 is 7.29. The molecule has 2 N–H and O–H groups in total. The van der Waals surface area contributed by atoms with Crippen molar-refractivity contribution in [3.63, 3.8) is 0 Å². The Morgan fingerprint density at radius 3 is 2.96 bits per heavy atom. The predicted molar refractivity (Wildman–Crippen MR) is 102 cm³/mol. The Kier molecular flexibility index (Phi) is 5.36. The standard InChI is InChI=1S/C19H28N4O3/c1-19(2,3)26-18(25)21-16-12-15(13-22-10-8-20-17(16)22)23-9-5-4-6-14(23)7-11-24/h8,10,12-14,24H,4-7,9,11H2,1-3H3,(H,21,25). The first-order valence-electron chi connectivity index (χ1n) is 9.21. The molecule has 7 heteroatoms. The van der Waals surface area contributed by atoms with Crippen LogP contribution in [0.25, 0.3) is 5.65 Å². The van der Waals surface area contributed by atoms with E-state index in [9.17, 15) is 9.90 Å². The monoisotopic (exact) mass is 360 g/mol. The molecule has 3 heterocycles. The number of hydrogen-bond acceptors (Lipinski definition) is 5. The van der Waals surface area contributed by atoms with Crippen LogP contribution >= 0.6 is 0 Å². The average Bonchev–Trinajstić information content (AvgIpc) is 3.02. The molecule has 1 aliphatic rings. The van der Waals surface area contributed by atoms with E-state index in [1.54, 1.807) is 6.20 Å². The normalized spacial score (nSPS) is 18.2. The second-order valence-electron chi connectivity index (χ2n) is 7.75. The van der Waals surface area contributed by atoms with E-state index in [4.69, 9.17) is 4.74 Å². The molecule has 0 spiro atoms. The van der Waals surface area contributed by atoms with Crippen LogP contribution < -0.4 is 10.2 Å². The molecule has 7 nitrogen and oxygen atoms in total. The van der Waals surface area contributed by atoms with Crippen molar-refractivity contribution in [2.24, 2.45) is 0 Å². The van der Waals surface area contributed by atoms with Crippen LogP contribution in [-0.4, -0.2) is 45.4 Å². The van der Waals surface area contributed by atoms with Crippen molar-refractivity contribution in [3.8, 4) is 0 Å². The number of aliphatic hydroxyl groups is 1. The fourth-order valence-corrected chi connectivity index (χ4v) is 3.47. The maximum atomic E-state index is 12.2. The summed E-state index contributed by atoms with van der Waals surface area (Å²) >= 11 is 0. The minimum atomic E-state index is -0.563. The molecule has 2 aromatic heterocycles. The Hall–Kier alpha value is -2.28. The summed E-state index contributed by atoms with van der Waals surface area (Å²) in [5.41, 5.74) is 1.75. The number of rotatable bonds is 4. The molecule has 0 radical (unpaired) electrons. The fourth-order valence-electron chi connectivity index (χ4n) is 3.47. The number of aliphatic hydroxyl groups excluding tert-OH is 1. The van der Waals surface area contributed by atoms with Crippen molar-refractivity contribution in [2.45, 2.75) is 58.1 Å². The zero-order valence-corrected chi connectivity index (χ0v) is 15.7. The number of imidazole rings is 1. The Morgan fingerprint density at radius 1 is 1.42 bits per heavy atom. The van der Waals surface area contributed by atoms with Gasteiger partial charge in [0.15, 0.2) is 5.65 Å². The Bertz CT molecular complexity index is 764. The average molecular weight is 360 g/mol. The SMILES string of the molecule is CC(C)(C)OC(=O)Nc1cc(N2CCCCC2CCO)cn2ccnc12. The summed E-state index contributed by atoms with van der Waals surface area (Å²) in [6, 6.07) is 2.26. The molecule has 0 saturated carbocycles. The Balaban J connectivity index is 1.91. The largest absolute Gasteiger partial charge is 0.444 e. The molecule has 2 aromatic rings. The van der Waals surface area contributed by atoms with Gasteiger partial charge >= 0.3 is 6.09 Å².